The van der Waals surface area contributed by atoms with Crippen molar-refractivity contribution in [3.05, 3.63) is 79.1 Å². The molecule has 6 heteroatoms. The molecule has 0 atom stereocenters. The number of fused-ring (bicyclic) bond motifs is 1. The second-order valence-electron chi connectivity index (χ2n) is 9.00. The zero-order chi connectivity index (χ0) is 23.5. The van der Waals surface area contributed by atoms with Crippen LogP contribution in [0.15, 0.2) is 67.8 Å². The first-order valence-electron chi connectivity index (χ1n) is 11.9. The van der Waals surface area contributed by atoms with E-state index in [4.69, 9.17) is 0 Å². The van der Waals surface area contributed by atoms with Crippen molar-refractivity contribution in [2.45, 2.75) is 39.0 Å². The van der Waals surface area contributed by atoms with Gasteiger partial charge in [0.15, 0.2) is 5.65 Å². The lowest BCUT2D eigenvalue weighted by atomic mass is 9.87. The van der Waals surface area contributed by atoms with Crippen molar-refractivity contribution < 1.29 is 0 Å². The van der Waals surface area contributed by atoms with Gasteiger partial charge in [-0.1, -0.05) is 50.6 Å². The first-order chi connectivity index (χ1) is 16.6. The van der Waals surface area contributed by atoms with E-state index in [1.807, 2.05) is 30.7 Å². The Kier molecular flexibility index (Phi) is 6.12. The summed E-state index contributed by atoms with van der Waals surface area (Å²) in [6, 6.07) is 6.34. The van der Waals surface area contributed by atoms with Crippen molar-refractivity contribution in [3.8, 4) is 22.5 Å². The maximum atomic E-state index is 4.60. The Labute approximate surface area is 199 Å². The Bertz CT molecular complexity index is 1370. The van der Waals surface area contributed by atoms with Gasteiger partial charge in [-0.2, -0.15) is 5.10 Å². The minimum Gasteiger partial charge on any atom is -0.358 e. The quantitative estimate of drug-likeness (QED) is 0.264. The van der Waals surface area contributed by atoms with Crippen LogP contribution in [0, 0.1) is 12.8 Å². The molecule has 1 saturated carbocycles. The Morgan fingerprint density at radius 2 is 1.91 bits per heavy atom. The van der Waals surface area contributed by atoms with E-state index in [1.54, 1.807) is 6.08 Å². The third-order valence-corrected chi connectivity index (χ3v) is 6.62. The summed E-state index contributed by atoms with van der Waals surface area (Å²) >= 11 is 0. The molecule has 1 fully saturated rings. The van der Waals surface area contributed by atoms with Crippen LogP contribution < -0.4 is 5.32 Å². The highest BCUT2D eigenvalue weighted by molar-refractivity contribution is 5.93. The number of rotatable bonds is 7. The van der Waals surface area contributed by atoms with Gasteiger partial charge in [-0.25, -0.2) is 4.98 Å². The number of nitrogens with one attached hydrogen (secondary N) is 3. The summed E-state index contributed by atoms with van der Waals surface area (Å²) in [4.78, 5) is 12.5. The van der Waals surface area contributed by atoms with Crippen LogP contribution in [0.3, 0.4) is 0 Å². The lowest BCUT2D eigenvalue weighted by Gasteiger charge is -2.24. The number of aryl methyl sites for hydroxylation is 1. The molecule has 0 aliphatic heterocycles. The molecule has 3 N–H and O–H groups in total. The monoisotopic (exact) mass is 450 g/mol. The van der Waals surface area contributed by atoms with E-state index in [0.717, 1.165) is 50.5 Å². The van der Waals surface area contributed by atoms with E-state index in [1.165, 1.54) is 32.1 Å². The average Bonchev–Trinajstić information content (AvgIpc) is 3.46. The third-order valence-electron chi connectivity index (χ3n) is 6.62. The van der Waals surface area contributed by atoms with Crippen molar-refractivity contribution >= 4 is 22.8 Å². The topological polar surface area (TPSA) is 82.3 Å². The fourth-order valence-electron chi connectivity index (χ4n) is 4.72. The van der Waals surface area contributed by atoms with Gasteiger partial charge in [0.25, 0.3) is 0 Å². The van der Waals surface area contributed by atoms with Crippen LogP contribution in [0.2, 0.25) is 0 Å². The maximum absolute atomic E-state index is 4.60. The predicted octanol–water partition coefficient (Wildman–Crippen LogP) is 7.03. The number of nitrogens with zero attached hydrogens (tertiary/aromatic N) is 3. The minimum atomic E-state index is 0.541. The van der Waals surface area contributed by atoms with Crippen molar-refractivity contribution in [2.24, 2.45) is 5.92 Å². The molecule has 34 heavy (non-hydrogen) atoms. The highest BCUT2D eigenvalue weighted by atomic mass is 15.2. The second-order valence-corrected chi connectivity index (χ2v) is 9.00. The normalized spacial score (nSPS) is 14.6. The Morgan fingerprint density at radius 3 is 2.74 bits per heavy atom. The van der Waals surface area contributed by atoms with Crippen LogP contribution in [0.1, 0.15) is 43.4 Å². The highest BCUT2D eigenvalue weighted by Gasteiger charge is 2.17. The zero-order valence-corrected chi connectivity index (χ0v) is 19.6. The predicted molar refractivity (Wildman–Crippen MR) is 140 cm³/mol. The molecule has 0 spiro atoms. The molecule has 0 unspecified atom stereocenters. The first kappa shape index (κ1) is 21.9. The summed E-state index contributed by atoms with van der Waals surface area (Å²) in [5, 5.41) is 12.0. The number of aromatic nitrogens is 5. The zero-order valence-electron chi connectivity index (χ0n) is 19.6. The lowest BCUT2D eigenvalue weighted by Crippen LogP contribution is -2.14. The number of pyridine rings is 2. The third kappa shape index (κ3) is 4.44. The van der Waals surface area contributed by atoms with E-state index in [0.29, 0.717) is 11.6 Å². The van der Waals surface area contributed by atoms with Gasteiger partial charge in [-0.15, -0.1) is 0 Å². The van der Waals surface area contributed by atoms with Crippen molar-refractivity contribution in [3.63, 3.8) is 0 Å². The SMILES string of the molecule is C=C/C=C\c1cc(-c2[nH]nc3ncc(-c4cncc(NC(=C)C5CCCCC5)c4)cc23)[nH]c1C. The molecule has 1 aliphatic carbocycles. The Hall–Kier alpha value is -3.93. The van der Waals surface area contributed by atoms with Crippen molar-refractivity contribution in [1.82, 2.24) is 25.1 Å². The Morgan fingerprint density at radius 1 is 1.09 bits per heavy atom. The summed E-state index contributed by atoms with van der Waals surface area (Å²) < 4.78 is 0. The smallest absolute Gasteiger partial charge is 0.181 e. The second kappa shape index (κ2) is 9.51. The first-order valence-corrected chi connectivity index (χ1v) is 11.9. The number of hydrogen-bond acceptors (Lipinski definition) is 4. The molecular formula is C28H30N6. The molecule has 0 radical (unpaired) electrons. The number of allylic oxidation sites excluding steroid dienone is 3. The molecule has 5 rings (SSSR count). The van der Waals surface area contributed by atoms with E-state index in [2.05, 4.69) is 68.7 Å². The average molecular weight is 451 g/mol. The molecule has 0 aromatic carbocycles. The van der Waals surface area contributed by atoms with Gasteiger partial charge in [0, 0.05) is 40.3 Å². The van der Waals surface area contributed by atoms with E-state index in [9.17, 15) is 0 Å². The summed E-state index contributed by atoms with van der Waals surface area (Å²) in [5.74, 6) is 0.541. The van der Waals surface area contributed by atoms with Gasteiger partial charge in [0.2, 0.25) is 0 Å². The van der Waals surface area contributed by atoms with Gasteiger partial charge in [-0.3, -0.25) is 10.1 Å². The molecule has 1 aliphatic rings. The van der Waals surface area contributed by atoms with E-state index >= 15 is 0 Å². The summed E-state index contributed by atoms with van der Waals surface area (Å²) in [5.41, 5.74) is 8.81. The molecule has 0 saturated heterocycles. The minimum absolute atomic E-state index is 0.541. The van der Waals surface area contributed by atoms with Crippen LogP contribution >= 0.6 is 0 Å². The standard InChI is InChI=1S/C28H30N6/c1-4-5-9-21-14-26(32-19(21)3)27-25-13-23(16-30-28(25)34-33-27)22-12-24(17-29-15-22)31-18(2)20-10-7-6-8-11-20/h4-5,9,12-17,20,31-32H,1-2,6-8,10-11H2,3H3,(H,30,33,34)/b9-5-. The largest absolute Gasteiger partial charge is 0.358 e. The fourth-order valence-corrected chi connectivity index (χ4v) is 4.72. The molecular weight excluding hydrogens is 420 g/mol. The summed E-state index contributed by atoms with van der Waals surface area (Å²) in [6.45, 7) is 10.1. The van der Waals surface area contributed by atoms with Gasteiger partial charge >= 0.3 is 0 Å². The number of aromatic amines is 2. The van der Waals surface area contributed by atoms with Gasteiger partial charge in [-0.05, 0) is 49.4 Å². The number of anilines is 1. The number of H-pyrrole nitrogens is 2. The van der Waals surface area contributed by atoms with Crippen LogP contribution in [-0.2, 0) is 0 Å². The van der Waals surface area contributed by atoms with Crippen LogP contribution in [0.4, 0.5) is 5.69 Å². The molecule has 172 valence electrons. The molecule has 0 bridgehead atoms. The lowest BCUT2D eigenvalue weighted by molar-refractivity contribution is 0.405. The van der Waals surface area contributed by atoms with Gasteiger partial charge < -0.3 is 10.3 Å². The van der Waals surface area contributed by atoms with Crippen LogP contribution in [-0.4, -0.2) is 25.1 Å². The van der Waals surface area contributed by atoms with Gasteiger partial charge in [0.1, 0.15) is 0 Å². The molecule has 4 aromatic heterocycles. The fraction of sp³-hybridized carbons (Fsp3) is 0.250. The molecule has 4 aromatic rings. The van der Waals surface area contributed by atoms with Crippen molar-refractivity contribution in [2.75, 3.05) is 5.32 Å². The van der Waals surface area contributed by atoms with E-state index < -0.39 is 0 Å². The Balaban J connectivity index is 1.44. The van der Waals surface area contributed by atoms with Crippen LogP contribution in [0.5, 0.6) is 0 Å². The van der Waals surface area contributed by atoms with E-state index in [-0.39, 0.29) is 0 Å². The molecule has 4 heterocycles. The van der Waals surface area contributed by atoms with Gasteiger partial charge in [0.05, 0.1) is 23.3 Å². The number of hydrogen-bond donors (Lipinski definition) is 3. The maximum Gasteiger partial charge on any atom is 0.181 e. The molecule has 6 nitrogen and oxygen atoms in total. The molecule has 0 amide bonds. The summed E-state index contributed by atoms with van der Waals surface area (Å²) in [7, 11) is 0. The highest BCUT2D eigenvalue weighted by Crippen LogP contribution is 2.32. The van der Waals surface area contributed by atoms with Crippen LogP contribution in [0.25, 0.3) is 39.6 Å². The van der Waals surface area contributed by atoms with Crippen molar-refractivity contribution in [1.29, 1.82) is 0 Å². The summed E-state index contributed by atoms with van der Waals surface area (Å²) in [6.07, 6.45) is 17.7.